The number of thioether (sulfide) groups is 1. The molecule has 7 heteroatoms. The molecule has 2 aromatic carbocycles. The maximum atomic E-state index is 12.9. The van der Waals surface area contributed by atoms with Crippen molar-refractivity contribution in [3.63, 3.8) is 0 Å². The van der Waals surface area contributed by atoms with Gasteiger partial charge in [0.2, 0.25) is 0 Å². The molecule has 1 aliphatic heterocycles. The van der Waals surface area contributed by atoms with Crippen LogP contribution in [0.3, 0.4) is 0 Å². The highest BCUT2D eigenvalue weighted by Crippen LogP contribution is 2.37. The minimum Gasteiger partial charge on any atom is -0.342 e. The van der Waals surface area contributed by atoms with Crippen molar-refractivity contribution >= 4 is 56.3 Å². The molecule has 0 aliphatic carbocycles. The Balaban J connectivity index is 1.54. The van der Waals surface area contributed by atoms with Gasteiger partial charge in [-0.25, -0.2) is 9.88 Å². The standard InChI is InChI=1S/C22H16N4OS2/c23-21-26(22-24-10-11-28-22)20(27)19(29-21)12-16-14-25(13-15-6-2-1-3-7-15)18-9-5-4-8-17(16)18/h1-12,14,23H,13H2/b19-12+,23-21?. The molecule has 5 rings (SSSR count). The zero-order valence-electron chi connectivity index (χ0n) is 15.3. The third kappa shape index (κ3) is 3.28. The van der Waals surface area contributed by atoms with Crippen molar-refractivity contribution in [2.24, 2.45) is 0 Å². The third-order valence-electron chi connectivity index (χ3n) is 4.74. The van der Waals surface area contributed by atoms with E-state index in [1.807, 2.05) is 36.4 Å². The molecule has 0 radical (unpaired) electrons. The number of fused-ring (bicyclic) bond motifs is 1. The van der Waals surface area contributed by atoms with E-state index in [4.69, 9.17) is 5.41 Å². The van der Waals surface area contributed by atoms with Crippen molar-refractivity contribution in [3.05, 3.63) is 88.4 Å². The van der Waals surface area contributed by atoms with Gasteiger partial charge in [0.05, 0.1) is 4.91 Å². The van der Waals surface area contributed by atoms with Gasteiger partial charge in [0.25, 0.3) is 5.91 Å². The summed E-state index contributed by atoms with van der Waals surface area (Å²) in [6.45, 7) is 0.757. The maximum Gasteiger partial charge on any atom is 0.273 e. The lowest BCUT2D eigenvalue weighted by Crippen LogP contribution is -2.27. The van der Waals surface area contributed by atoms with E-state index in [0.717, 1.165) is 23.0 Å². The molecule has 0 bridgehead atoms. The predicted molar refractivity (Wildman–Crippen MR) is 120 cm³/mol. The number of thiazole rings is 1. The minimum atomic E-state index is -0.199. The van der Waals surface area contributed by atoms with Gasteiger partial charge in [0.15, 0.2) is 10.3 Å². The van der Waals surface area contributed by atoms with Gasteiger partial charge in [-0.2, -0.15) is 0 Å². The second-order valence-corrected chi connectivity index (χ2v) is 8.49. The Labute approximate surface area is 175 Å². The molecule has 4 aromatic rings. The van der Waals surface area contributed by atoms with Crippen molar-refractivity contribution in [2.45, 2.75) is 6.54 Å². The highest BCUT2D eigenvalue weighted by molar-refractivity contribution is 8.19. The van der Waals surface area contributed by atoms with Crippen LogP contribution >= 0.6 is 23.1 Å². The summed E-state index contributed by atoms with van der Waals surface area (Å²) in [4.78, 5) is 19.0. The quantitative estimate of drug-likeness (QED) is 0.465. The average molecular weight is 417 g/mol. The van der Waals surface area contributed by atoms with Crippen LogP contribution in [0.5, 0.6) is 0 Å². The number of hydrogen-bond acceptors (Lipinski definition) is 5. The molecule has 1 fully saturated rings. The van der Waals surface area contributed by atoms with E-state index in [0.29, 0.717) is 10.0 Å². The Morgan fingerprint density at radius 2 is 1.86 bits per heavy atom. The summed E-state index contributed by atoms with van der Waals surface area (Å²) >= 11 is 2.53. The van der Waals surface area contributed by atoms with Gasteiger partial charge in [-0.1, -0.05) is 48.5 Å². The number of benzene rings is 2. The molecule has 1 N–H and O–H groups in total. The SMILES string of the molecule is N=C1S/C(=C/c2cn(Cc3ccccc3)c3ccccc23)C(=O)N1c1nccs1. The molecular weight excluding hydrogens is 400 g/mol. The molecule has 1 aliphatic rings. The number of rotatable bonds is 4. The van der Waals surface area contributed by atoms with Gasteiger partial charge in [-0.3, -0.25) is 10.2 Å². The Hall–Kier alpha value is -3.16. The highest BCUT2D eigenvalue weighted by atomic mass is 32.2. The van der Waals surface area contributed by atoms with Crippen LogP contribution in [0.15, 0.2) is 77.3 Å². The normalized spacial score (nSPS) is 15.7. The number of carbonyl (C=O) groups is 1. The van der Waals surface area contributed by atoms with E-state index in [1.54, 1.807) is 11.6 Å². The van der Waals surface area contributed by atoms with Crippen molar-refractivity contribution in [1.29, 1.82) is 5.41 Å². The van der Waals surface area contributed by atoms with Crippen molar-refractivity contribution in [1.82, 2.24) is 9.55 Å². The molecule has 5 nitrogen and oxygen atoms in total. The monoisotopic (exact) mass is 416 g/mol. The lowest BCUT2D eigenvalue weighted by molar-refractivity contribution is -0.113. The second kappa shape index (κ2) is 7.35. The van der Waals surface area contributed by atoms with E-state index in [-0.39, 0.29) is 11.1 Å². The summed E-state index contributed by atoms with van der Waals surface area (Å²) in [6, 6.07) is 18.5. The van der Waals surface area contributed by atoms with Crippen LogP contribution in [0.2, 0.25) is 0 Å². The lowest BCUT2D eigenvalue weighted by Gasteiger charge is -2.08. The zero-order valence-corrected chi connectivity index (χ0v) is 16.9. The number of carbonyl (C=O) groups excluding carboxylic acids is 1. The van der Waals surface area contributed by atoms with Crippen LogP contribution in [0.4, 0.5) is 5.13 Å². The number of amides is 1. The van der Waals surface area contributed by atoms with Crippen LogP contribution < -0.4 is 4.90 Å². The molecule has 0 spiro atoms. The fourth-order valence-corrected chi connectivity index (χ4v) is 4.97. The van der Waals surface area contributed by atoms with Gasteiger partial charge in [0, 0.05) is 40.8 Å². The number of nitrogens with zero attached hydrogens (tertiary/aromatic N) is 3. The number of amidine groups is 1. The van der Waals surface area contributed by atoms with E-state index in [9.17, 15) is 4.79 Å². The predicted octanol–water partition coefficient (Wildman–Crippen LogP) is 5.20. The summed E-state index contributed by atoms with van der Waals surface area (Å²) in [5.41, 5.74) is 3.31. The van der Waals surface area contributed by atoms with Crippen LogP contribution in [-0.2, 0) is 11.3 Å². The van der Waals surface area contributed by atoms with E-state index in [2.05, 4.69) is 40.0 Å². The topological polar surface area (TPSA) is 62.0 Å². The third-order valence-corrected chi connectivity index (χ3v) is 6.38. The Bertz CT molecular complexity index is 1240. The van der Waals surface area contributed by atoms with Gasteiger partial charge in [-0.15, -0.1) is 11.3 Å². The van der Waals surface area contributed by atoms with Crippen LogP contribution in [-0.4, -0.2) is 20.6 Å². The molecule has 142 valence electrons. The first-order valence-corrected chi connectivity index (χ1v) is 10.7. The molecule has 29 heavy (non-hydrogen) atoms. The number of hydrogen-bond donors (Lipinski definition) is 1. The smallest absolute Gasteiger partial charge is 0.273 e. The summed E-state index contributed by atoms with van der Waals surface area (Å²) in [7, 11) is 0. The van der Waals surface area contributed by atoms with Gasteiger partial charge in [-0.05, 0) is 29.5 Å². The van der Waals surface area contributed by atoms with Gasteiger partial charge in [0.1, 0.15) is 0 Å². The molecule has 1 saturated heterocycles. The Kier molecular flexibility index (Phi) is 4.54. The van der Waals surface area contributed by atoms with E-state index < -0.39 is 0 Å². The molecule has 0 unspecified atom stereocenters. The number of aromatic nitrogens is 2. The molecule has 1 amide bonds. The molecule has 2 aromatic heterocycles. The fraction of sp³-hybridized carbons (Fsp3) is 0.0455. The minimum absolute atomic E-state index is 0.184. The van der Waals surface area contributed by atoms with E-state index >= 15 is 0 Å². The van der Waals surface area contributed by atoms with Gasteiger partial charge < -0.3 is 4.57 Å². The Morgan fingerprint density at radius 1 is 1.07 bits per heavy atom. The number of anilines is 1. The summed E-state index contributed by atoms with van der Waals surface area (Å²) in [6.07, 6.45) is 5.61. The van der Waals surface area contributed by atoms with Crippen molar-refractivity contribution < 1.29 is 4.79 Å². The van der Waals surface area contributed by atoms with Crippen LogP contribution in [0, 0.1) is 5.41 Å². The molecule has 0 atom stereocenters. The zero-order chi connectivity index (χ0) is 19.8. The molecule has 3 heterocycles. The first-order valence-electron chi connectivity index (χ1n) is 9.04. The van der Waals surface area contributed by atoms with Crippen molar-refractivity contribution in [3.8, 4) is 0 Å². The number of nitrogens with one attached hydrogen (secondary N) is 1. The van der Waals surface area contributed by atoms with Crippen molar-refractivity contribution in [2.75, 3.05) is 4.90 Å². The van der Waals surface area contributed by atoms with Crippen LogP contribution in [0.1, 0.15) is 11.1 Å². The molecule has 0 saturated carbocycles. The Morgan fingerprint density at radius 3 is 2.66 bits per heavy atom. The first kappa shape index (κ1) is 17.9. The largest absolute Gasteiger partial charge is 0.342 e. The van der Waals surface area contributed by atoms with E-state index in [1.165, 1.54) is 33.6 Å². The van der Waals surface area contributed by atoms with Crippen LogP contribution in [0.25, 0.3) is 17.0 Å². The second-order valence-electron chi connectivity index (χ2n) is 6.59. The number of para-hydroxylation sites is 1. The fourth-order valence-electron chi connectivity index (χ4n) is 3.43. The highest BCUT2D eigenvalue weighted by Gasteiger charge is 2.35. The summed E-state index contributed by atoms with van der Waals surface area (Å²) in [5.74, 6) is -0.199. The average Bonchev–Trinajstić information content (AvgIpc) is 3.43. The maximum absolute atomic E-state index is 12.9. The first-order chi connectivity index (χ1) is 14.2. The molecular formula is C22H16N4OS2. The summed E-state index contributed by atoms with van der Waals surface area (Å²) < 4.78 is 2.20. The van der Waals surface area contributed by atoms with Gasteiger partial charge >= 0.3 is 0 Å². The summed E-state index contributed by atoms with van der Waals surface area (Å²) in [5, 5.41) is 11.8. The lowest BCUT2D eigenvalue weighted by atomic mass is 10.1.